The van der Waals surface area contributed by atoms with E-state index in [2.05, 4.69) is 54.4 Å². The van der Waals surface area contributed by atoms with Gasteiger partial charge < -0.3 is 5.32 Å². The SMILES string of the molecule is CCCN(CCC)[C@H](C)C(=O)NCC1(c2ccccc2)CCCC1. The van der Waals surface area contributed by atoms with Crippen LogP contribution >= 0.6 is 0 Å². The molecule has 0 radical (unpaired) electrons. The van der Waals surface area contributed by atoms with Gasteiger partial charge in [0.15, 0.2) is 0 Å². The van der Waals surface area contributed by atoms with Crippen LogP contribution in [0.1, 0.15) is 64.9 Å². The van der Waals surface area contributed by atoms with Crippen LogP contribution in [0.2, 0.25) is 0 Å². The summed E-state index contributed by atoms with van der Waals surface area (Å²) in [6, 6.07) is 10.7. The maximum Gasteiger partial charge on any atom is 0.237 e. The van der Waals surface area contributed by atoms with Gasteiger partial charge in [0, 0.05) is 12.0 Å². The standard InChI is InChI=1S/C21H34N2O/c1-4-15-23(16-5-2)18(3)20(24)22-17-21(13-9-10-14-21)19-11-7-6-8-12-19/h6-8,11-12,18H,4-5,9-10,13-17H2,1-3H3,(H,22,24)/t18-/m1/s1. The third-order valence-electron chi connectivity index (χ3n) is 5.50. The Hall–Kier alpha value is -1.35. The minimum Gasteiger partial charge on any atom is -0.354 e. The number of carbonyl (C=O) groups is 1. The summed E-state index contributed by atoms with van der Waals surface area (Å²) in [6.07, 6.45) is 7.06. The number of hydrogen-bond donors (Lipinski definition) is 1. The van der Waals surface area contributed by atoms with E-state index in [1.54, 1.807) is 0 Å². The first kappa shape index (κ1) is 19.0. The lowest BCUT2D eigenvalue weighted by Crippen LogP contribution is -2.49. The minimum atomic E-state index is -0.0425. The van der Waals surface area contributed by atoms with Crippen LogP contribution in [-0.2, 0) is 10.2 Å². The predicted molar refractivity (Wildman–Crippen MR) is 101 cm³/mol. The summed E-state index contributed by atoms with van der Waals surface area (Å²) >= 11 is 0. The highest BCUT2D eigenvalue weighted by molar-refractivity contribution is 5.81. The monoisotopic (exact) mass is 330 g/mol. The van der Waals surface area contributed by atoms with Crippen molar-refractivity contribution in [2.75, 3.05) is 19.6 Å². The van der Waals surface area contributed by atoms with Gasteiger partial charge in [-0.15, -0.1) is 0 Å². The van der Waals surface area contributed by atoms with E-state index >= 15 is 0 Å². The predicted octanol–water partition coefficient (Wildman–Crippen LogP) is 4.13. The molecule has 0 aromatic heterocycles. The average molecular weight is 331 g/mol. The Bertz CT molecular complexity index is 488. The number of hydrogen-bond acceptors (Lipinski definition) is 2. The second-order valence-electron chi connectivity index (χ2n) is 7.28. The molecule has 0 unspecified atom stereocenters. The van der Waals surface area contributed by atoms with Crippen molar-refractivity contribution in [2.45, 2.75) is 70.8 Å². The van der Waals surface area contributed by atoms with E-state index in [0.717, 1.165) is 32.5 Å². The fraction of sp³-hybridized carbons (Fsp3) is 0.667. The summed E-state index contributed by atoms with van der Waals surface area (Å²) < 4.78 is 0. The molecule has 1 atom stereocenters. The summed E-state index contributed by atoms with van der Waals surface area (Å²) in [7, 11) is 0. The number of benzene rings is 1. The third kappa shape index (κ3) is 4.60. The van der Waals surface area contributed by atoms with Crippen LogP contribution < -0.4 is 5.32 Å². The first-order valence-electron chi connectivity index (χ1n) is 9.70. The van der Waals surface area contributed by atoms with Gasteiger partial charge in [-0.2, -0.15) is 0 Å². The quantitative estimate of drug-likeness (QED) is 0.738. The molecule has 0 bridgehead atoms. The third-order valence-corrected chi connectivity index (χ3v) is 5.50. The first-order valence-corrected chi connectivity index (χ1v) is 9.70. The van der Waals surface area contributed by atoms with E-state index in [4.69, 9.17) is 0 Å². The summed E-state index contributed by atoms with van der Waals surface area (Å²) in [5.74, 6) is 0.180. The molecule has 3 heteroatoms. The first-order chi connectivity index (χ1) is 11.6. The summed E-state index contributed by atoms with van der Waals surface area (Å²) in [5.41, 5.74) is 1.52. The lowest BCUT2D eigenvalue weighted by atomic mass is 9.79. The van der Waals surface area contributed by atoms with Gasteiger partial charge in [-0.05, 0) is 51.3 Å². The molecule has 1 N–H and O–H groups in total. The van der Waals surface area contributed by atoms with Crippen LogP contribution in [0.5, 0.6) is 0 Å². The molecule has 0 saturated heterocycles. The smallest absolute Gasteiger partial charge is 0.237 e. The van der Waals surface area contributed by atoms with Crippen molar-refractivity contribution in [1.29, 1.82) is 0 Å². The molecule has 24 heavy (non-hydrogen) atoms. The lowest BCUT2D eigenvalue weighted by Gasteiger charge is -2.32. The van der Waals surface area contributed by atoms with Crippen LogP contribution in [0.25, 0.3) is 0 Å². The Balaban J connectivity index is 2.00. The Morgan fingerprint density at radius 2 is 1.71 bits per heavy atom. The number of nitrogens with one attached hydrogen (secondary N) is 1. The maximum absolute atomic E-state index is 12.7. The van der Waals surface area contributed by atoms with E-state index in [0.29, 0.717) is 0 Å². The van der Waals surface area contributed by atoms with Gasteiger partial charge in [-0.3, -0.25) is 9.69 Å². The highest BCUT2D eigenvalue weighted by Crippen LogP contribution is 2.40. The molecule has 1 aliphatic rings. The van der Waals surface area contributed by atoms with Gasteiger partial charge in [0.25, 0.3) is 0 Å². The number of rotatable bonds is 9. The fourth-order valence-corrected chi connectivity index (χ4v) is 4.05. The van der Waals surface area contributed by atoms with Crippen LogP contribution in [0.3, 0.4) is 0 Å². The van der Waals surface area contributed by atoms with Gasteiger partial charge in [0.1, 0.15) is 0 Å². The van der Waals surface area contributed by atoms with Gasteiger partial charge in [0.05, 0.1) is 6.04 Å². The maximum atomic E-state index is 12.7. The Kier molecular flexibility index (Phi) is 7.29. The highest BCUT2D eigenvalue weighted by atomic mass is 16.2. The molecule has 1 fully saturated rings. The zero-order valence-corrected chi connectivity index (χ0v) is 15.7. The minimum absolute atomic E-state index is 0.0425. The molecule has 1 aromatic carbocycles. The van der Waals surface area contributed by atoms with Gasteiger partial charge >= 0.3 is 0 Å². The van der Waals surface area contributed by atoms with Crippen molar-refractivity contribution >= 4 is 5.91 Å². The van der Waals surface area contributed by atoms with Crippen molar-refractivity contribution in [1.82, 2.24) is 10.2 Å². The number of nitrogens with zero attached hydrogens (tertiary/aromatic N) is 1. The number of carbonyl (C=O) groups excluding carboxylic acids is 1. The van der Waals surface area contributed by atoms with Crippen LogP contribution in [0.15, 0.2) is 30.3 Å². The molecule has 3 nitrogen and oxygen atoms in total. The van der Waals surface area contributed by atoms with E-state index in [1.807, 2.05) is 6.92 Å². The Morgan fingerprint density at radius 3 is 2.25 bits per heavy atom. The average Bonchev–Trinajstić information content (AvgIpc) is 3.10. The summed E-state index contributed by atoms with van der Waals surface area (Å²) in [5, 5.41) is 3.28. The van der Waals surface area contributed by atoms with Crippen molar-refractivity contribution < 1.29 is 4.79 Å². The molecule has 1 aliphatic carbocycles. The Morgan fingerprint density at radius 1 is 1.12 bits per heavy atom. The normalized spacial score (nSPS) is 17.8. The second-order valence-corrected chi connectivity index (χ2v) is 7.28. The van der Waals surface area contributed by atoms with E-state index in [9.17, 15) is 4.79 Å². The van der Waals surface area contributed by atoms with Crippen molar-refractivity contribution in [3.05, 3.63) is 35.9 Å². The van der Waals surface area contributed by atoms with E-state index in [-0.39, 0.29) is 17.4 Å². The molecular weight excluding hydrogens is 296 g/mol. The van der Waals surface area contributed by atoms with Crippen molar-refractivity contribution in [3.8, 4) is 0 Å². The topological polar surface area (TPSA) is 32.3 Å². The lowest BCUT2D eigenvalue weighted by molar-refractivity contribution is -0.126. The van der Waals surface area contributed by atoms with Gasteiger partial charge in [-0.25, -0.2) is 0 Å². The van der Waals surface area contributed by atoms with Crippen LogP contribution in [0.4, 0.5) is 0 Å². The van der Waals surface area contributed by atoms with Crippen LogP contribution in [-0.4, -0.2) is 36.5 Å². The summed E-state index contributed by atoms with van der Waals surface area (Å²) in [6.45, 7) is 9.15. The van der Waals surface area contributed by atoms with Gasteiger partial charge in [0.2, 0.25) is 5.91 Å². The molecule has 1 aromatic rings. The van der Waals surface area contributed by atoms with Crippen molar-refractivity contribution in [3.63, 3.8) is 0 Å². The molecule has 0 heterocycles. The summed E-state index contributed by atoms with van der Waals surface area (Å²) in [4.78, 5) is 15.0. The molecule has 2 rings (SSSR count). The largest absolute Gasteiger partial charge is 0.354 e. The zero-order valence-electron chi connectivity index (χ0n) is 15.7. The van der Waals surface area contributed by atoms with E-state index < -0.39 is 0 Å². The molecule has 1 amide bonds. The fourth-order valence-electron chi connectivity index (χ4n) is 4.05. The molecule has 0 aliphatic heterocycles. The van der Waals surface area contributed by atoms with E-state index in [1.165, 1.54) is 31.2 Å². The van der Waals surface area contributed by atoms with Gasteiger partial charge in [-0.1, -0.05) is 57.0 Å². The Labute approximate surface area is 147 Å². The molecular formula is C21H34N2O. The second kappa shape index (κ2) is 9.22. The molecule has 134 valence electrons. The zero-order chi connectivity index (χ0) is 17.4. The molecule has 0 spiro atoms. The molecule has 1 saturated carbocycles. The number of amides is 1. The van der Waals surface area contributed by atoms with Crippen LogP contribution in [0, 0.1) is 0 Å². The highest BCUT2D eigenvalue weighted by Gasteiger charge is 2.36. The van der Waals surface area contributed by atoms with Crippen molar-refractivity contribution in [2.24, 2.45) is 0 Å².